The number of thioether (sulfide) groups is 2. The van der Waals surface area contributed by atoms with Crippen LogP contribution >= 0.6 is 23.5 Å². The van der Waals surface area contributed by atoms with Crippen LogP contribution in [0.25, 0.3) is 10.8 Å². The number of ether oxygens (including phenoxy) is 1. The molecule has 0 fully saturated rings. The summed E-state index contributed by atoms with van der Waals surface area (Å²) in [7, 11) is 0. The molecular formula is C38H32O3S2. The molecule has 0 aromatic heterocycles. The average molecular weight is 601 g/mol. The molecule has 5 aromatic rings. The van der Waals surface area contributed by atoms with Crippen LogP contribution in [0.1, 0.15) is 33.4 Å². The maximum absolute atomic E-state index is 8.98. The third kappa shape index (κ3) is 8.94. The number of aliphatic hydroxyl groups is 2. The lowest BCUT2D eigenvalue weighted by molar-refractivity contribution is 0.304. The molecule has 0 heterocycles. The molecule has 0 amide bonds. The molecule has 214 valence electrons. The highest BCUT2D eigenvalue weighted by Crippen LogP contribution is 2.23. The molecule has 0 aliphatic heterocycles. The first-order valence-electron chi connectivity index (χ1n) is 14.1. The van der Waals surface area contributed by atoms with Crippen molar-refractivity contribution in [3.05, 3.63) is 137 Å². The Morgan fingerprint density at radius 1 is 0.558 bits per heavy atom. The van der Waals surface area contributed by atoms with Gasteiger partial charge in [-0.05, 0) is 114 Å². The van der Waals surface area contributed by atoms with Gasteiger partial charge in [-0.1, -0.05) is 41.9 Å². The number of aryl methyl sites for hydroxylation is 1. The van der Waals surface area contributed by atoms with Gasteiger partial charge in [0.25, 0.3) is 0 Å². The highest BCUT2D eigenvalue weighted by Gasteiger charge is 2.04. The van der Waals surface area contributed by atoms with Crippen LogP contribution in [0.5, 0.6) is 5.75 Å². The summed E-state index contributed by atoms with van der Waals surface area (Å²) < 4.78 is 6.17. The van der Waals surface area contributed by atoms with Crippen molar-refractivity contribution in [3.63, 3.8) is 0 Å². The van der Waals surface area contributed by atoms with E-state index in [9.17, 15) is 0 Å². The van der Waals surface area contributed by atoms with E-state index in [1.165, 1.54) is 0 Å². The monoisotopic (exact) mass is 600 g/mol. The lowest BCUT2D eigenvalue weighted by atomic mass is 10.0. The van der Waals surface area contributed by atoms with Crippen LogP contribution < -0.4 is 4.74 Å². The molecule has 0 saturated carbocycles. The summed E-state index contributed by atoms with van der Waals surface area (Å²) in [5.74, 6) is 15.2. The van der Waals surface area contributed by atoms with E-state index >= 15 is 0 Å². The fourth-order valence-corrected chi connectivity index (χ4v) is 5.71. The van der Waals surface area contributed by atoms with E-state index in [0.717, 1.165) is 59.7 Å². The van der Waals surface area contributed by atoms with E-state index in [4.69, 9.17) is 14.9 Å². The second-order valence-electron chi connectivity index (χ2n) is 9.86. The molecule has 43 heavy (non-hydrogen) atoms. The first kappa shape index (κ1) is 30.4. The van der Waals surface area contributed by atoms with E-state index in [0.29, 0.717) is 18.1 Å². The molecule has 0 radical (unpaired) electrons. The summed E-state index contributed by atoms with van der Waals surface area (Å²) in [5, 5.41) is 20.3. The second kappa shape index (κ2) is 15.4. The number of hydrogen-bond acceptors (Lipinski definition) is 5. The van der Waals surface area contributed by atoms with Gasteiger partial charge in [-0.25, -0.2) is 0 Å². The summed E-state index contributed by atoms with van der Waals surface area (Å²) in [4.78, 5) is 2.27. The number of aliphatic hydroxyl groups excluding tert-OH is 2. The van der Waals surface area contributed by atoms with Crippen molar-refractivity contribution < 1.29 is 14.9 Å². The highest BCUT2D eigenvalue weighted by atomic mass is 32.2. The summed E-state index contributed by atoms with van der Waals surface area (Å²) in [6.07, 6.45) is 0. The van der Waals surface area contributed by atoms with Crippen LogP contribution in [0, 0.1) is 30.6 Å². The zero-order valence-electron chi connectivity index (χ0n) is 24.0. The minimum absolute atomic E-state index is 0.176. The smallest absolute Gasteiger partial charge is 0.122 e. The van der Waals surface area contributed by atoms with Crippen LogP contribution in [0.15, 0.2) is 113 Å². The van der Waals surface area contributed by atoms with E-state index in [2.05, 4.69) is 66.1 Å². The molecule has 5 rings (SSSR count). The third-order valence-corrected chi connectivity index (χ3v) is 8.59. The first-order valence-corrected chi connectivity index (χ1v) is 16.0. The Morgan fingerprint density at radius 3 is 1.63 bits per heavy atom. The fraction of sp³-hybridized carbons (Fsp3) is 0.158. The molecule has 0 unspecified atom stereocenters. The Balaban J connectivity index is 1.18. The van der Waals surface area contributed by atoms with Gasteiger partial charge >= 0.3 is 0 Å². The number of rotatable bonds is 9. The quantitative estimate of drug-likeness (QED) is 0.134. The minimum atomic E-state index is 0.176. The number of benzene rings is 5. The topological polar surface area (TPSA) is 49.7 Å². The summed E-state index contributed by atoms with van der Waals surface area (Å²) in [6, 6.07) is 34.9. The highest BCUT2D eigenvalue weighted by molar-refractivity contribution is 7.99. The van der Waals surface area contributed by atoms with E-state index in [1.54, 1.807) is 23.5 Å². The second-order valence-corrected chi connectivity index (χ2v) is 12.2. The van der Waals surface area contributed by atoms with Gasteiger partial charge in [0, 0.05) is 43.6 Å². The Bertz CT molecular complexity index is 1810. The van der Waals surface area contributed by atoms with Crippen LogP contribution in [0.4, 0.5) is 0 Å². The van der Waals surface area contributed by atoms with Gasteiger partial charge in [0.05, 0.1) is 13.2 Å². The summed E-state index contributed by atoms with van der Waals surface area (Å²) in [6.45, 7) is 2.88. The molecule has 5 heteroatoms. The molecule has 0 spiro atoms. The van der Waals surface area contributed by atoms with Crippen molar-refractivity contribution in [2.75, 3.05) is 24.7 Å². The Hall–Kier alpha value is -4.10. The van der Waals surface area contributed by atoms with Gasteiger partial charge in [0.2, 0.25) is 0 Å². The largest absolute Gasteiger partial charge is 0.489 e. The van der Waals surface area contributed by atoms with Crippen molar-refractivity contribution in [2.24, 2.45) is 0 Å². The lowest BCUT2D eigenvalue weighted by Crippen LogP contribution is -1.97. The van der Waals surface area contributed by atoms with Gasteiger partial charge < -0.3 is 14.9 Å². The van der Waals surface area contributed by atoms with Gasteiger partial charge in [0.15, 0.2) is 0 Å². The van der Waals surface area contributed by atoms with E-state index < -0.39 is 0 Å². The van der Waals surface area contributed by atoms with Crippen LogP contribution in [0.3, 0.4) is 0 Å². The molecule has 5 aromatic carbocycles. The van der Waals surface area contributed by atoms with Crippen molar-refractivity contribution in [1.82, 2.24) is 0 Å². The predicted molar refractivity (Wildman–Crippen MR) is 180 cm³/mol. The molecular weight excluding hydrogens is 569 g/mol. The minimum Gasteiger partial charge on any atom is -0.489 e. The molecule has 0 aliphatic rings. The fourth-order valence-electron chi connectivity index (χ4n) is 4.40. The Kier molecular flexibility index (Phi) is 10.9. The van der Waals surface area contributed by atoms with Crippen LogP contribution in [-0.2, 0) is 6.61 Å². The maximum atomic E-state index is 8.98. The number of fused-ring (bicyclic) bond motifs is 1. The van der Waals surface area contributed by atoms with Gasteiger partial charge in [0.1, 0.15) is 12.4 Å². The molecule has 0 aliphatic carbocycles. The van der Waals surface area contributed by atoms with Crippen molar-refractivity contribution in [3.8, 4) is 29.4 Å². The summed E-state index contributed by atoms with van der Waals surface area (Å²) in [5.41, 5.74) is 6.00. The average Bonchev–Trinajstić information content (AvgIpc) is 3.05. The maximum Gasteiger partial charge on any atom is 0.122 e. The molecule has 2 N–H and O–H groups in total. The van der Waals surface area contributed by atoms with E-state index in [1.807, 2.05) is 67.6 Å². The van der Waals surface area contributed by atoms with Crippen molar-refractivity contribution in [2.45, 2.75) is 23.3 Å². The number of hydrogen-bond donors (Lipinski definition) is 2. The zero-order valence-corrected chi connectivity index (χ0v) is 25.6. The molecule has 3 nitrogen and oxygen atoms in total. The van der Waals surface area contributed by atoms with Gasteiger partial charge in [-0.2, -0.15) is 0 Å². The lowest BCUT2D eigenvalue weighted by Gasteiger charge is -2.10. The Morgan fingerprint density at radius 2 is 1.05 bits per heavy atom. The Labute approximate surface area is 262 Å². The zero-order chi connectivity index (χ0) is 29.9. The predicted octanol–water partition coefficient (Wildman–Crippen LogP) is 7.70. The first-order chi connectivity index (χ1) is 21.1. The third-order valence-electron chi connectivity index (χ3n) is 6.60. The van der Waals surface area contributed by atoms with Crippen molar-refractivity contribution in [1.29, 1.82) is 0 Å². The standard InChI is InChI=1S/C38H32O3S2/c1-28-24-31(4-2-29-8-15-36(16-9-29)42-22-20-39)12-19-38(28)41-27-33-7-14-34-25-32(6-13-35(34)26-33)5-3-30-10-17-37(18-11-30)43-23-21-40/h6-19,24-26,39-40H,20-23,27H2,1H3. The van der Waals surface area contributed by atoms with Crippen LogP contribution in [-0.4, -0.2) is 34.9 Å². The van der Waals surface area contributed by atoms with Crippen molar-refractivity contribution >= 4 is 34.3 Å². The SMILES string of the molecule is Cc1cc(C#Cc2ccc(SCCO)cc2)ccc1OCc1ccc2cc(C#Cc3ccc(SCCO)cc3)ccc2c1. The normalized spacial score (nSPS) is 10.5. The van der Waals surface area contributed by atoms with Gasteiger partial charge in [-0.15, -0.1) is 23.5 Å². The molecule has 0 bridgehead atoms. The summed E-state index contributed by atoms with van der Waals surface area (Å²) >= 11 is 3.27. The molecule has 0 atom stereocenters. The van der Waals surface area contributed by atoms with E-state index in [-0.39, 0.29) is 13.2 Å². The molecule has 0 saturated heterocycles. The van der Waals surface area contributed by atoms with Gasteiger partial charge in [-0.3, -0.25) is 0 Å². The van der Waals surface area contributed by atoms with Crippen LogP contribution in [0.2, 0.25) is 0 Å².